The third-order valence-electron chi connectivity index (χ3n) is 9.60. The lowest BCUT2D eigenvalue weighted by atomic mass is 9.49. The van der Waals surface area contributed by atoms with Crippen LogP contribution in [0.2, 0.25) is 0 Å². The van der Waals surface area contributed by atoms with Gasteiger partial charge in [-0.2, -0.15) is 15.0 Å². The first-order chi connectivity index (χ1) is 14.3. The Morgan fingerprint density at radius 1 is 1.07 bits per heavy atom. The molecule has 5 nitrogen and oxygen atoms in total. The van der Waals surface area contributed by atoms with Crippen LogP contribution in [0.25, 0.3) is 0 Å². The Labute approximate surface area is 176 Å². The molecule has 166 valence electrons. The zero-order valence-corrected chi connectivity index (χ0v) is 17.7. The maximum atomic E-state index is 13.4. The minimum Gasteiger partial charge on any atom is -0.384 e. The van der Waals surface area contributed by atoms with Crippen molar-refractivity contribution in [2.24, 2.45) is 40.9 Å². The Kier molecular flexibility index (Phi) is 5.03. The van der Waals surface area contributed by atoms with Crippen molar-refractivity contribution in [1.82, 2.24) is 15.0 Å². The minimum absolute atomic E-state index is 0.0383. The molecule has 1 heterocycles. The van der Waals surface area contributed by atoms with Crippen molar-refractivity contribution in [3.8, 4) is 0 Å². The number of aromatic nitrogens is 3. The molecule has 8 unspecified atom stereocenters. The number of ketones is 1. The molecule has 8 atom stereocenters. The summed E-state index contributed by atoms with van der Waals surface area (Å²) in [6, 6.07) is 0. The van der Waals surface area contributed by atoms with Crippen LogP contribution in [-0.4, -0.2) is 37.9 Å². The van der Waals surface area contributed by atoms with Crippen molar-refractivity contribution in [3.63, 3.8) is 0 Å². The molecule has 1 N–H and O–H groups in total. The quantitative estimate of drug-likeness (QED) is 0.794. The van der Waals surface area contributed by atoms with Crippen molar-refractivity contribution in [1.29, 1.82) is 0 Å². The van der Waals surface area contributed by atoms with Crippen LogP contribution in [0.5, 0.6) is 0 Å². The average Bonchev–Trinajstić information content (AvgIpc) is 3.34. The van der Waals surface area contributed by atoms with E-state index in [1.165, 1.54) is 4.80 Å². The summed E-state index contributed by atoms with van der Waals surface area (Å²) in [5, 5.41) is 18.6. The molecule has 4 saturated carbocycles. The van der Waals surface area contributed by atoms with Gasteiger partial charge in [-0.25, -0.2) is 8.78 Å². The Balaban J connectivity index is 1.30. The summed E-state index contributed by atoms with van der Waals surface area (Å²) in [5.74, 6) is 2.75. The van der Waals surface area contributed by atoms with Crippen LogP contribution in [-0.2, 0) is 11.3 Å². The summed E-state index contributed by atoms with van der Waals surface area (Å²) in [4.78, 5) is 14.6. The van der Waals surface area contributed by atoms with Gasteiger partial charge in [-0.15, -0.1) is 0 Å². The molecule has 0 bridgehead atoms. The molecular weight excluding hydrogens is 388 g/mol. The van der Waals surface area contributed by atoms with E-state index in [2.05, 4.69) is 17.1 Å². The van der Waals surface area contributed by atoms with Crippen LogP contribution in [0.3, 0.4) is 0 Å². The lowest BCUT2D eigenvalue weighted by molar-refractivity contribution is -0.160. The second kappa shape index (κ2) is 7.35. The van der Waals surface area contributed by atoms with E-state index in [1.807, 2.05) is 0 Å². The summed E-state index contributed by atoms with van der Waals surface area (Å²) in [6.07, 6.45) is 7.98. The predicted octanol–water partition coefficient (Wildman–Crippen LogP) is 4.11. The zero-order chi connectivity index (χ0) is 21.1. The second-order valence-corrected chi connectivity index (χ2v) is 10.8. The smallest absolute Gasteiger partial charge is 0.266 e. The molecule has 0 radical (unpaired) electrons. The number of carbonyl (C=O) groups is 1. The molecule has 4 fully saturated rings. The number of halogens is 2. The first-order valence-corrected chi connectivity index (χ1v) is 11.7. The molecule has 7 heteroatoms. The second-order valence-electron chi connectivity index (χ2n) is 10.8. The molecule has 1 aromatic heterocycles. The summed E-state index contributed by atoms with van der Waals surface area (Å²) in [7, 11) is 0. The van der Waals surface area contributed by atoms with E-state index in [1.54, 1.807) is 12.4 Å². The molecule has 4 aliphatic carbocycles. The van der Waals surface area contributed by atoms with Crippen LogP contribution in [0.1, 0.15) is 64.7 Å². The molecule has 5 rings (SSSR count). The third kappa shape index (κ3) is 3.14. The SMILES string of the molecule is CC12CCC3C4CCC(O)(C(F)F)CC4CCC3C1CCC2C(=O)Cn1nccn1. The molecule has 30 heavy (non-hydrogen) atoms. The third-order valence-corrected chi connectivity index (χ3v) is 9.60. The van der Waals surface area contributed by atoms with Gasteiger partial charge in [0.15, 0.2) is 5.78 Å². The average molecular weight is 422 g/mol. The van der Waals surface area contributed by atoms with Crippen LogP contribution < -0.4 is 0 Å². The van der Waals surface area contributed by atoms with Gasteiger partial charge >= 0.3 is 0 Å². The maximum absolute atomic E-state index is 13.4. The number of hydrogen-bond acceptors (Lipinski definition) is 4. The lowest BCUT2D eigenvalue weighted by Gasteiger charge is -2.57. The fourth-order valence-electron chi connectivity index (χ4n) is 8.21. The number of hydrogen-bond donors (Lipinski definition) is 1. The van der Waals surface area contributed by atoms with Crippen LogP contribution in [0.4, 0.5) is 8.78 Å². The van der Waals surface area contributed by atoms with Crippen LogP contribution in [0, 0.1) is 40.9 Å². The summed E-state index contributed by atoms with van der Waals surface area (Å²) in [6.45, 7) is 2.58. The zero-order valence-electron chi connectivity index (χ0n) is 17.7. The van der Waals surface area contributed by atoms with Gasteiger partial charge < -0.3 is 5.11 Å². The van der Waals surface area contributed by atoms with E-state index < -0.39 is 12.0 Å². The standard InChI is InChI=1S/C23H33F2N3O2/c1-22-8-6-16-15-7-9-23(30,21(24)25)12-14(15)2-3-17(16)18(22)4-5-19(22)20(29)13-28-26-10-11-27-28/h10-11,14-19,21,30H,2-9,12-13H2,1H3. The number of Topliss-reactive ketones (excluding diaryl/α,β-unsaturated/α-hetero) is 1. The molecule has 0 amide bonds. The number of alkyl halides is 2. The first-order valence-electron chi connectivity index (χ1n) is 11.7. The fraction of sp³-hybridized carbons (Fsp3) is 0.870. The molecule has 4 aliphatic rings. The van der Waals surface area contributed by atoms with Crippen molar-refractivity contribution >= 4 is 5.78 Å². The van der Waals surface area contributed by atoms with E-state index in [-0.39, 0.29) is 42.4 Å². The Bertz CT molecular complexity index is 787. The monoisotopic (exact) mass is 421 g/mol. The number of carbonyl (C=O) groups excluding carboxylic acids is 1. The van der Waals surface area contributed by atoms with Gasteiger partial charge in [0.25, 0.3) is 6.43 Å². The highest BCUT2D eigenvalue weighted by atomic mass is 19.3. The van der Waals surface area contributed by atoms with Gasteiger partial charge in [0.05, 0.1) is 12.4 Å². The van der Waals surface area contributed by atoms with Gasteiger partial charge in [-0.3, -0.25) is 4.79 Å². The van der Waals surface area contributed by atoms with Gasteiger partial charge in [0.2, 0.25) is 0 Å². The molecule has 0 aromatic carbocycles. The normalized spacial score (nSPS) is 45.6. The number of nitrogens with zero attached hydrogens (tertiary/aromatic N) is 3. The maximum Gasteiger partial charge on any atom is 0.266 e. The van der Waals surface area contributed by atoms with Gasteiger partial charge in [-0.05, 0) is 92.8 Å². The van der Waals surface area contributed by atoms with Crippen molar-refractivity contribution in [3.05, 3.63) is 12.4 Å². The number of fused-ring (bicyclic) bond motifs is 5. The highest BCUT2D eigenvalue weighted by Gasteiger charge is 2.59. The molecular formula is C23H33F2N3O2. The Hall–Kier alpha value is -1.37. The van der Waals surface area contributed by atoms with E-state index in [4.69, 9.17) is 0 Å². The Morgan fingerprint density at radius 3 is 2.53 bits per heavy atom. The van der Waals surface area contributed by atoms with Crippen molar-refractivity contribution in [2.75, 3.05) is 0 Å². The molecule has 1 aromatic rings. The van der Waals surface area contributed by atoms with Gasteiger partial charge in [0.1, 0.15) is 12.1 Å². The largest absolute Gasteiger partial charge is 0.384 e. The van der Waals surface area contributed by atoms with Gasteiger partial charge in [0, 0.05) is 5.92 Å². The Morgan fingerprint density at radius 2 is 1.80 bits per heavy atom. The topological polar surface area (TPSA) is 68.0 Å². The minimum atomic E-state index is -2.64. The van der Waals surface area contributed by atoms with Crippen molar-refractivity contribution < 1.29 is 18.7 Å². The van der Waals surface area contributed by atoms with E-state index >= 15 is 0 Å². The summed E-state index contributed by atoms with van der Waals surface area (Å²) in [5.41, 5.74) is -1.74. The highest BCUT2D eigenvalue weighted by molar-refractivity contribution is 5.81. The van der Waals surface area contributed by atoms with Crippen LogP contribution in [0.15, 0.2) is 12.4 Å². The van der Waals surface area contributed by atoms with E-state index in [9.17, 15) is 18.7 Å². The lowest BCUT2D eigenvalue weighted by Crippen LogP contribution is -2.53. The molecule has 0 spiro atoms. The highest BCUT2D eigenvalue weighted by Crippen LogP contribution is 2.64. The summed E-state index contributed by atoms with van der Waals surface area (Å²) < 4.78 is 26.8. The van der Waals surface area contributed by atoms with Gasteiger partial charge in [-0.1, -0.05) is 6.92 Å². The predicted molar refractivity (Wildman–Crippen MR) is 107 cm³/mol. The number of aliphatic hydroxyl groups is 1. The first kappa shape index (κ1) is 20.5. The van der Waals surface area contributed by atoms with Crippen LogP contribution >= 0.6 is 0 Å². The molecule has 0 aliphatic heterocycles. The van der Waals surface area contributed by atoms with E-state index in [0.717, 1.165) is 44.9 Å². The fourth-order valence-corrected chi connectivity index (χ4v) is 8.21. The number of rotatable bonds is 4. The van der Waals surface area contributed by atoms with Crippen molar-refractivity contribution in [2.45, 2.75) is 83.3 Å². The summed E-state index contributed by atoms with van der Waals surface area (Å²) >= 11 is 0. The van der Waals surface area contributed by atoms with E-state index in [0.29, 0.717) is 23.7 Å². The molecule has 0 saturated heterocycles.